The Morgan fingerprint density at radius 1 is 1.70 bits per heavy atom. The van der Waals surface area contributed by atoms with Gasteiger partial charge in [0.15, 0.2) is 0 Å². The zero-order chi connectivity index (χ0) is 7.56. The highest BCUT2D eigenvalue weighted by molar-refractivity contribution is 7.80. The summed E-state index contributed by atoms with van der Waals surface area (Å²) in [6, 6.07) is 2.87. The number of hydrogen-bond acceptors (Lipinski definition) is 4. The van der Waals surface area contributed by atoms with E-state index in [0.717, 1.165) is 0 Å². The molecule has 10 heavy (non-hydrogen) atoms. The van der Waals surface area contributed by atoms with Crippen LogP contribution in [-0.4, -0.2) is 9.91 Å². The van der Waals surface area contributed by atoms with E-state index in [2.05, 4.69) is 17.6 Å². The molecule has 1 aromatic heterocycles. The smallest absolute Gasteiger partial charge is 0.358 e. The summed E-state index contributed by atoms with van der Waals surface area (Å²) in [7, 11) is 0. The molecule has 52 valence electrons. The first-order valence-electron chi connectivity index (χ1n) is 2.49. The second-order valence-electron chi connectivity index (χ2n) is 1.63. The first-order valence-corrected chi connectivity index (χ1v) is 2.94. The van der Waals surface area contributed by atoms with Crippen LogP contribution in [0.4, 0.5) is 5.82 Å². The lowest BCUT2D eigenvalue weighted by Crippen LogP contribution is -1.90. The van der Waals surface area contributed by atoms with Crippen LogP contribution in [-0.2, 0) is 0 Å². The van der Waals surface area contributed by atoms with E-state index in [4.69, 9.17) is 0 Å². The fraction of sp³-hybridized carbons (Fsp3) is 0. The van der Waals surface area contributed by atoms with E-state index >= 15 is 0 Å². The summed E-state index contributed by atoms with van der Waals surface area (Å²) in [4.78, 5) is 13.5. The monoisotopic (exact) mass is 156 g/mol. The van der Waals surface area contributed by atoms with Crippen LogP contribution in [0.5, 0.6) is 0 Å². The van der Waals surface area contributed by atoms with Crippen molar-refractivity contribution in [1.82, 2.24) is 4.98 Å². The average Bonchev–Trinajstić information content (AvgIpc) is 1.88. The molecule has 0 saturated heterocycles. The molecule has 0 aliphatic rings. The van der Waals surface area contributed by atoms with Crippen LogP contribution in [0, 0.1) is 10.1 Å². The van der Waals surface area contributed by atoms with Crippen molar-refractivity contribution in [1.29, 1.82) is 0 Å². The molecule has 0 radical (unpaired) electrons. The van der Waals surface area contributed by atoms with Crippen LogP contribution in [0.15, 0.2) is 23.2 Å². The number of pyridine rings is 1. The average molecular weight is 156 g/mol. The summed E-state index contributed by atoms with van der Waals surface area (Å²) in [6.45, 7) is 0. The summed E-state index contributed by atoms with van der Waals surface area (Å²) in [5.74, 6) is -0.174. The summed E-state index contributed by atoms with van der Waals surface area (Å²) < 4.78 is 0. The molecule has 1 aromatic rings. The number of rotatable bonds is 1. The van der Waals surface area contributed by atoms with E-state index in [9.17, 15) is 10.1 Å². The molecule has 0 aromatic carbocycles. The minimum Gasteiger partial charge on any atom is -0.358 e. The highest BCUT2D eigenvalue weighted by Crippen LogP contribution is 2.11. The lowest BCUT2D eigenvalue weighted by Gasteiger charge is -1.90. The van der Waals surface area contributed by atoms with Crippen molar-refractivity contribution in [3.63, 3.8) is 0 Å². The molecule has 0 unspecified atom stereocenters. The van der Waals surface area contributed by atoms with Crippen molar-refractivity contribution >= 4 is 18.4 Å². The molecule has 0 bridgehead atoms. The van der Waals surface area contributed by atoms with Crippen LogP contribution in [0.1, 0.15) is 0 Å². The molecule has 5 heteroatoms. The lowest BCUT2D eigenvalue weighted by atomic mass is 10.5. The second kappa shape index (κ2) is 2.66. The second-order valence-corrected chi connectivity index (χ2v) is 2.15. The molecule has 0 amide bonds. The molecule has 0 N–H and O–H groups in total. The van der Waals surface area contributed by atoms with Gasteiger partial charge in [-0.2, -0.15) is 0 Å². The van der Waals surface area contributed by atoms with E-state index < -0.39 is 4.92 Å². The molecule has 0 saturated carbocycles. The number of hydrogen-bond donors (Lipinski definition) is 1. The van der Waals surface area contributed by atoms with E-state index in [-0.39, 0.29) is 5.82 Å². The summed E-state index contributed by atoms with van der Waals surface area (Å²) >= 11 is 3.90. The Labute approximate surface area is 62.5 Å². The summed E-state index contributed by atoms with van der Waals surface area (Å²) in [5, 5.41) is 10.1. The standard InChI is InChI=1S/C5H4N2O2S/c8-7(9)5-3-4(10)1-2-6-5/h1-3H,(H,6,10). The van der Waals surface area contributed by atoms with Crippen LogP contribution in [0.2, 0.25) is 0 Å². The first-order chi connectivity index (χ1) is 4.70. The Hall–Kier alpha value is -1.10. The fourth-order valence-corrected chi connectivity index (χ4v) is 0.690. The fourth-order valence-electron chi connectivity index (χ4n) is 0.507. The Bertz CT molecular complexity index is 264. The Kier molecular flexibility index (Phi) is 1.86. The van der Waals surface area contributed by atoms with Gasteiger partial charge in [0.2, 0.25) is 0 Å². The molecule has 0 aliphatic carbocycles. The molecule has 0 spiro atoms. The van der Waals surface area contributed by atoms with Crippen LogP contribution in [0.25, 0.3) is 0 Å². The molecule has 4 nitrogen and oxygen atoms in total. The Morgan fingerprint density at radius 2 is 2.40 bits per heavy atom. The van der Waals surface area contributed by atoms with Gasteiger partial charge in [0.25, 0.3) is 0 Å². The Balaban J connectivity index is 3.07. The van der Waals surface area contributed by atoms with Crippen molar-refractivity contribution in [2.24, 2.45) is 0 Å². The zero-order valence-electron chi connectivity index (χ0n) is 4.89. The number of aromatic nitrogens is 1. The normalized spacial score (nSPS) is 9.30. The maximum absolute atomic E-state index is 10.1. The molecule has 0 fully saturated rings. The maximum atomic E-state index is 10.1. The molecule has 0 atom stereocenters. The topological polar surface area (TPSA) is 56.0 Å². The Morgan fingerprint density at radius 3 is 2.80 bits per heavy atom. The van der Waals surface area contributed by atoms with Crippen molar-refractivity contribution < 1.29 is 4.92 Å². The van der Waals surface area contributed by atoms with Gasteiger partial charge < -0.3 is 10.1 Å². The minimum absolute atomic E-state index is 0.174. The highest BCUT2D eigenvalue weighted by Gasteiger charge is 2.03. The van der Waals surface area contributed by atoms with Crippen molar-refractivity contribution in [2.75, 3.05) is 0 Å². The van der Waals surface area contributed by atoms with E-state index in [1.54, 1.807) is 6.07 Å². The number of nitrogens with zero attached hydrogens (tertiary/aromatic N) is 2. The number of nitro groups is 1. The summed E-state index contributed by atoms with van der Waals surface area (Å²) in [5.41, 5.74) is 0. The van der Waals surface area contributed by atoms with E-state index in [1.807, 2.05) is 0 Å². The molecule has 0 aliphatic heterocycles. The van der Waals surface area contributed by atoms with Crippen LogP contribution < -0.4 is 0 Å². The van der Waals surface area contributed by atoms with Gasteiger partial charge in [-0.1, -0.05) is 0 Å². The molecule has 1 rings (SSSR count). The third-order valence-corrected chi connectivity index (χ3v) is 1.19. The van der Waals surface area contributed by atoms with E-state index in [0.29, 0.717) is 4.90 Å². The van der Waals surface area contributed by atoms with Gasteiger partial charge in [-0.05, 0) is 16.0 Å². The first kappa shape index (κ1) is 7.01. The molecular formula is C5H4N2O2S. The largest absolute Gasteiger partial charge is 0.364 e. The van der Waals surface area contributed by atoms with Gasteiger partial charge in [0.1, 0.15) is 6.20 Å². The minimum atomic E-state index is -0.556. The van der Waals surface area contributed by atoms with Gasteiger partial charge in [-0.15, -0.1) is 12.6 Å². The van der Waals surface area contributed by atoms with E-state index in [1.165, 1.54) is 12.3 Å². The van der Waals surface area contributed by atoms with Gasteiger partial charge in [-0.3, -0.25) is 0 Å². The predicted octanol–water partition coefficient (Wildman–Crippen LogP) is 1.28. The number of thiol groups is 1. The van der Waals surface area contributed by atoms with Crippen LogP contribution in [0.3, 0.4) is 0 Å². The third kappa shape index (κ3) is 1.44. The van der Waals surface area contributed by atoms with Gasteiger partial charge in [0.05, 0.1) is 0 Å². The highest BCUT2D eigenvalue weighted by atomic mass is 32.1. The van der Waals surface area contributed by atoms with Crippen molar-refractivity contribution in [3.8, 4) is 0 Å². The zero-order valence-corrected chi connectivity index (χ0v) is 5.78. The van der Waals surface area contributed by atoms with Crippen molar-refractivity contribution in [3.05, 3.63) is 28.4 Å². The quantitative estimate of drug-likeness (QED) is 0.378. The van der Waals surface area contributed by atoms with Gasteiger partial charge >= 0.3 is 5.82 Å². The van der Waals surface area contributed by atoms with Gasteiger partial charge in [0, 0.05) is 11.0 Å². The SMILES string of the molecule is O=[N+]([O-])c1cc(S)ccn1. The molecular weight excluding hydrogens is 152 g/mol. The van der Waals surface area contributed by atoms with Crippen molar-refractivity contribution in [2.45, 2.75) is 4.90 Å². The maximum Gasteiger partial charge on any atom is 0.364 e. The lowest BCUT2D eigenvalue weighted by molar-refractivity contribution is -0.389. The third-order valence-electron chi connectivity index (χ3n) is 0.916. The van der Waals surface area contributed by atoms with Crippen LogP contribution >= 0.6 is 12.6 Å². The predicted molar refractivity (Wildman–Crippen MR) is 38.1 cm³/mol. The van der Waals surface area contributed by atoms with Gasteiger partial charge in [-0.25, -0.2) is 0 Å². The summed E-state index contributed by atoms with van der Waals surface area (Å²) in [6.07, 6.45) is 1.35. The molecule has 1 heterocycles.